The van der Waals surface area contributed by atoms with Crippen molar-refractivity contribution in [3.63, 3.8) is 0 Å². The SMILES string of the molecule is CC(=O)c1c(Cl)cc(NS(C)(=O)=O)cc1Cl. The monoisotopic (exact) mass is 281 g/mol. The van der Waals surface area contributed by atoms with Crippen molar-refractivity contribution in [1.29, 1.82) is 0 Å². The van der Waals surface area contributed by atoms with Crippen LogP contribution in [0.5, 0.6) is 0 Å². The number of hydrogen-bond donors (Lipinski definition) is 1. The minimum absolute atomic E-state index is 0.117. The summed E-state index contributed by atoms with van der Waals surface area (Å²) in [6, 6.07) is 2.68. The number of ketones is 1. The molecule has 0 saturated carbocycles. The zero-order chi connectivity index (χ0) is 12.5. The molecular formula is C9H9Cl2NO3S. The van der Waals surface area contributed by atoms with Gasteiger partial charge < -0.3 is 0 Å². The van der Waals surface area contributed by atoms with Crippen molar-refractivity contribution in [2.24, 2.45) is 0 Å². The predicted molar refractivity (Wildman–Crippen MR) is 64.9 cm³/mol. The Hall–Kier alpha value is -0.780. The quantitative estimate of drug-likeness (QED) is 0.866. The molecule has 1 N–H and O–H groups in total. The molecule has 0 radical (unpaired) electrons. The first kappa shape index (κ1) is 13.3. The van der Waals surface area contributed by atoms with Crippen LogP contribution in [0.2, 0.25) is 10.0 Å². The standard InChI is InChI=1S/C9H9Cl2NO3S/c1-5(13)9-7(10)3-6(4-8(9)11)12-16(2,14)15/h3-4,12H,1-2H3. The van der Waals surface area contributed by atoms with Crippen LogP contribution in [0.1, 0.15) is 17.3 Å². The topological polar surface area (TPSA) is 63.2 Å². The average Bonchev–Trinajstić information content (AvgIpc) is 1.96. The fourth-order valence-electron chi connectivity index (χ4n) is 1.18. The molecule has 0 fully saturated rings. The normalized spacial score (nSPS) is 11.2. The van der Waals surface area contributed by atoms with Crippen molar-refractivity contribution in [1.82, 2.24) is 0 Å². The number of anilines is 1. The van der Waals surface area contributed by atoms with Gasteiger partial charge in [0.2, 0.25) is 10.0 Å². The number of carbonyl (C=O) groups is 1. The predicted octanol–water partition coefficient (Wildman–Crippen LogP) is 2.57. The summed E-state index contributed by atoms with van der Waals surface area (Å²) in [6.45, 7) is 1.33. The molecule has 1 aromatic carbocycles. The molecule has 0 aliphatic carbocycles. The summed E-state index contributed by atoms with van der Waals surface area (Å²) in [5.41, 5.74) is 0.407. The average molecular weight is 282 g/mol. The summed E-state index contributed by atoms with van der Waals surface area (Å²) in [5.74, 6) is -0.277. The van der Waals surface area contributed by atoms with Crippen molar-refractivity contribution >= 4 is 44.7 Å². The number of carbonyl (C=O) groups excluding carboxylic acids is 1. The summed E-state index contributed by atoms with van der Waals surface area (Å²) in [4.78, 5) is 11.2. The van der Waals surface area contributed by atoms with E-state index in [0.29, 0.717) is 0 Å². The summed E-state index contributed by atoms with van der Waals surface area (Å²) < 4.78 is 24.2. The van der Waals surface area contributed by atoms with E-state index in [4.69, 9.17) is 23.2 Å². The molecule has 0 amide bonds. The van der Waals surface area contributed by atoms with Crippen molar-refractivity contribution < 1.29 is 13.2 Å². The molecule has 0 aromatic heterocycles. The van der Waals surface area contributed by atoms with Gasteiger partial charge in [0.1, 0.15) is 0 Å². The Morgan fingerprint density at radius 2 is 1.69 bits per heavy atom. The summed E-state index contributed by atoms with van der Waals surface area (Å²) in [5, 5.41) is 0.234. The molecule has 1 rings (SSSR count). The second-order valence-corrected chi connectivity index (χ2v) is 5.81. The van der Waals surface area contributed by atoms with Crippen LogP contribution in [0.25, 0.3) is 0 Å². The van der Waals surface area contributed by atoms with Gasteiger partial charge >= 0.3 is 0 Å². The third-order valence-electron chi connectivity index (χ3n) is 1.70. The number of halogens is 2. The first-order valence-electron chi connectivity index (χ1n) is 4.18. The Balaban J connectivity index is 3.25. The van der Waals surface area contributed by atoms with E-state index in [9.17, 15) is 13.2 Å². The molecule has 0 saturated heterocycles. The molecule has 1 aromatic rings. The van der Waals surface area contributed by atoms with Gasteiger partial charge in [-0.3, -0.25) is 9.52 Å². The highest BCUT2D eigenvalue weighted by atomic mass is 35.5. The van der Waals surface area contributed by atoms with Crippen LogP contribution in [0.3, 0.4) is 0 Å². The van der Waals surface area contributed by atoms with Gasteiger partial charge in [0, 0.05) is 0 Å². The van der Waals surface area contributed by atoms with Gasteiger partial charge in [-0.2, -0.15) is 0 Å². The van der Waals surface area contributed by atoms with Crippen molar-refractivity contribution in [3.05, 3.63) is 27.7 Å². The van der Waals surface area contributed by atoms with Gasteiger partial charge in [0.25, 0.3) is 0 Å². The maximum Gasteiger partial charge on any atom is 0.229 e. The zero-order valence-electron chi connectivity index (χ0n) is 8.54. The maximum atomic E-state index is 11.2. The van der Waals surface area contributed by atoms with Gasteiger partial charge in [-0.15, -0.1) is 0 Å². The van der Waals surface area contributed by atoms with E-state index in [-0.39, 0.29) is 27.1 Å². The third-order valence-corrected chi connectivity index (χ3v) is 2.90. The van der Waals surface area contributed by atoms with Crippen LogP contribution in [-0.4, -0.2) is 20.5 Å². The molecule has 88 valence electrons. The fourth-order valence-corrected chi connectivity index (χ4v) is 2.48. The molecule has 0 atom stereocenters. The zero-order valence-corrected chi connectivity index (χ0v) is 10.9. The molecule has 4 nitrogen and oxygen atoms in total. The number of sulfonamides is 1. The minimum Gasteiger partial charge on any atom is -0.294 e. The van der Waals surface area contributed by atoms with Crippen molar-refractivity contribution in [3.8, 4) is 0 Å². The molecule has 0 heterocycles. The summed E-state index contributed by atoms with van der Waals surface area (Å²) in [6.07, 6.45) is 1.01. The van der Waals surface area contributed by atoms with Gasteiger partial charge in [0.05, 0.1) is 27.6 Å². The van der Waals surface area contributed by atoms with Crippen LogP contribution in [0, 0.1) is 0 Å². The molecule has 0 bridgehead atoms. The van der Waals surface area contributed by atoms with E-state index >= 15 is 0 Å². The number of rotatable bonds is 3. The smallest absolute Gasteiger partial charge is 0.229 e. The van der Waals surface area contributed by atoms with E-state index in [2.05, 4.69) is 4.72 Å². The second kappa shape index (κ2) is 4.61. The van der Waals surface area contributed by atoms with Gasteiger partial charge in [-0.1, -0.05) is 23.2 Å². The van der Waals surface area contributed by atoms with Crippen LogP contribution in [0.4, 0.5) is 5.69 Å². The maximum absolute atomic E-state index is 11.2. The van der Waals surface area contributed by atoms with Crippen LogP contribution >= 0.6 is 23.2 Å². The summed E-state index contributed by atoms with van der Waals surface area (Å²) in [7, 11) is -3.40. The molecule has 0 aliphatic rings. The lowest BCUT2D eigenvalue weighted by Gasteiger charge is -2.08. The van der Waals surface area contributed by atoms with Gasteiger partial charge in [0.15, 0.2) is 5.78 Å². The number of benzene rings is 1. The van der Waals surface area contributed by atoms with Crippen molar-refractivity contribution in [2.45, 2.75) is 6.92 Å². The lowest BCUT2D eigenvalue weighted by Crippen LogP contribution is -2.10. The van der Waals surface area contributed by atoms with Gasteiger partial charge in [-0.05, 0) is 19.1 Å². The highest BCUT2D eigenvalue weighted by molar-refractivity contribution is 7.92. The second-order valence-electron chi connectivity index (χ2n) is 3.25. The summed E-state index contributed by atoms with van der Waals surface area (Å²) >= 11 is 11.6. The van der Waals surface area contributed by atoms with E-state index in [1.165, 1.54) is 19.1 Å². The van der Waals surface area contributed by atoms with E-state index in [1.54, 1.807) is 0 Å². The van der Waals surface area contributed by atoms with E-state index in [1.807, 2.05) is 0 Å². The molecule has 7 heteroatoms. The van der Waals surface area contributed by atoms with Gasteiger partial charge in [-0.25, -0.2) is 8.42 Å². The van der Waals surface area contributed by atoms with Crippen LogP contribution < -0.4 is 4.72 Å². The van der Waals surface area contributed by atoms with Crippen LogP contribution in [-0.2, 0) is 10.0 Å². The Bertz CT molecular complexity index is 517. The Kier molecular flexibility index (Phi) is 3.83. The largest absolute Gasteiger partial charge is 0.294 e. The molecule has 0 spiro atoms. The third kappa shape index (κ3) is 3.37. The van der Waals surface area contributed by atoms with Crippen LogP contribution in [0.15, 0.2) is 12.1 Å². The number of hydrogen-bond acceptors (Lipinski definition) is 3. The van der Waals surface area contributed by atoms with Crippen molar-refractivity contribution in [2.75, 3.05) is 11.0 Å². The Labute approximate surface area is 104 Å². The fraction of sp³-hybridized carbons (Fsp3) is 0.222. The molecule has 16 heavy (non-hydrogen) atoms. The molecule has 0 unspecified atom stereocenters. The first-order valence-corrected chi connectivity index (χ1v) is 6.83. The Morgan fingerprint density at radius 3 is 2.00 bits per heavy atom. The molecular weight excluding hydrogens is 273 g/mol. The number of Topliss-reactive ketones (excluding diaryl/α,β-unsaturated/α-hetero) is 1. The lowest BCUT2D eigenvalue weighted by molar-refractivity contribution is 0.101. The lowest BCUT2D eigenvalue weighted by atomic mass is 10.1. The minimum atomic E-state index is -3.40. The Morgan fingerprint density at radius 1 is 1.25 bits per heavy atom. The highest BCUT2D eigenvalue weighted by Crippen LogP contribution is 2.29. The highest BCUT2D eigenvalue weighted by Gasteiger charge is 2.13. The number of nitrogens with one attached hydrogen (secondary N) is 1. The van der Waals surface area contributed by atoms with E-state index in [0.717, 1.165) is 6.26 Å². The van der Waals surface area contributed by atoms with E-state index < -0.39 is 10.0 Å². The first-order chi connectivity index (χ1) is 7.20. The molecule has 0 aliphatic heterocycles.